The fourth-order valence-electron chi connectivity index (χ4n) is 4.30. The lowest BCUT2D eigenvalue weighted by Gasteiger charge is -2.25. The molecule has 30 heavy (non-hydrogen) atoms. The molecule has 1 spiro atoms. The molecule has 0 aromatic rings. The number of unbranched alkanes of at least 4 members (excludes halogenated alkanes) is 3. The zero-order chi connectivity index (χ0) is 21.9. The van der Waals surface area contributed by atoms with E-state index in [0.717, 1.165) is 12.0 Å². The Labute approximate surface area is 183 Å². The van der Waals surface area contributed by atoms with E-state index in [0.29, 0.717) is 12.3 Å². The molecule has 2 N–H and O–H groups in total. The molecule has 0 bridgehead atoms. The second-order valence-electron chi connectivity index (χ2n) is 8.69. The number of carbonyl (C=O) groups is 2. The first-order valence-electron chi connectivity index (χ1n) is 10.9. The van der Waals surface area contributed by atoms with Crippen LogP contribution in [0.2, 0.25) is 0 Å². The van der Waals surface area contributed by atoms with Gasteiger partial charge in [-0.3, -0.25) is 9.59 Å². The molecule has 7 heteroatoms. The summed E-state index contributed by atoms with van der Waals surface area (Å²) in [6, 6.07) is -0.609. The van der Waals surface area contributed by atoms with Crippen molar-refractivity contribution in [2.75, 3.05) is 0 Å². The van der Waals surface area contributed by atoms with Crippen molar-refractivity contribution >= 4 is 23.3 Å². The van der Waals surface area contributed by atoms with Crippen LogP contribution in [-0.2, 0) is 19.1 Å². The van der Waals surface area contributed by atoms with Gasteiger partial charge >= 0.3 is 0 Å². The van der Waals surface area contributed by atoms with Crippen molar-refractivity contribution in [2.45, 2.75) is 89.4 Å². The number of hydrogen-bond acceptors (Lipinski definition) is 5. The molecule has 1 amide bonds. The monoisotopic (exact) mass is 437 g/mol. The summed E-state index contributed by atoms with van der Waals surface area (Å²) in [5.41, 5.74) is 0.0577. The standard InChI is InChI=1S/C23H32ClNO5/c1-4-5-6-7-8-14(2)11-15(3)9-10-18(26)25-17-13-23(30-22(17)28)12-16(24)19(27)20-21(23)29-20/h9-12,14,17,20-22,28H,4-8,13H2,1-3H3,(H,25,26)/b10-9+,15-11+/t14-,17+,20+,21+,22-,23+/m1/s1. The third-order valence-electron chi connectivity index (χ3n) is 5.95. The van der Waals surface area contributed by atoms with Gasteiger partial charge in [0.2, 0.25) is 11.7 Å². The Morgan fingerprint density at radius 2 is 2.17 bits per heavy atom. The molecule has 2 aliphatic heterocycles. The third-order valence-corrected chi connectivity index (χ3v) is 6.24. The highest BCUT2D eigenvalue weighted by molar-refractivity contribution is 6.43. The first-order valence-corrected chi connectivity index (χ1v) is 11.2. The van der Waals surface area contributed by atoms with Gasteiger partial charge in [-0.1, -0.05) is 68.9 Å². The van der Waals surface area contributed by atoms with Crippen LogP contribution < -0.4 is 5.32 Å². The molecular formula is C23H32ClNO5. The summed E-state index contributed by atoms with van der Waals surface area (Å²) in [5.74, 6) is -0.0996. The fourth-order valence-corrected chi connectivity index (χ4v) is 4.60. The maximum absolute atomic E-state index is 12.3. The normalized spacial score (nSPS) is 34.2. The van der Waals surface area contributed by atoms with Crippen LogP contribution in [0, 0.1) is 5.92 Å². The molecule has 0 unspecified atom stereocenters. The van der Waals surface area contributed by atoms with Gasteiger partial charge in [-0.25, -0.2) is 0 Å². The number of hydrogen-bond donors (Lipinski definition) is 2. The lowest BCUT2D eigenvalue weighted by Crippen LogP contribution is -2.41. The van der Waals surface area contributed by atoms with E-state index >= 15 is 0 Å². The predicted octanol–water partition coefficient (Wildman–Crippen LogP) is 3.53. The van der Waals surface area contributed by atoms with Gasteiger partial charge in [-0.2, -0.15) is 0 Å². The molecule has 166 valence electrons. The quantitative estimate of drug-likeness (QED) is 0.249. The highest BCUT2D eigenvalue weighted by atomic mass is 35.5. The van der Waals surface area contributed by atoms with Gasteiger partial charge in [0, 0.05) is 12.5 Å². The number of Topliss-reactive ketones (excluding diaryl/α,β-unsaturated/α-hetero) is 1. The molecule has 0 aromatic heterocycles. The Kier molecular flexibility index (Phi) is 7.56. The summed E-state index contributed by atoms with van der Waals surface area (Å²) in [6.07, 6.45) is 11.1. The minimum Gasteiger partial charge on any atom is -0.366 e. The molecule has 3 aliphatic rings. The molecule has 2 heterocycles. The zero-order valence-electron chi connectivity index (χ0n) is 17.9. The van der Waals surface area contributed by atoms with E-state index in [-0.39, 0.29) is 16.7 Å². The fraction of sp³-hybridized carbons (Fsp3) is 0.652. The van der Waals surface area contributed by atoms with Crippen LogP contribution in [-0.4, -0.2) is 46.9 Å². The van der Waals surface area contributed by atoms with E-state index in [1.165, 1.54) is 37.8 Å². The Morgan fingerprint density at radius 3 is 2.90 bits per heavy atom. The van der Waals surface area contributed by atoms with Crippen molar-refractivity contribution in [1.29, 1.82) is 0 Å². The van der Waals surface area contributed by atoms with Crippen molar-refractivity contribution in [1.82, 2.24) is 5.32 Å². The van der Waals surface area contributed by atoms with Gasteiger partial charge in [0.1, 0.15) is 11.7 Å². The minimum absolute atomic E-state index is 0.0531. The number of halogens is 1. The summed E-state index contributed by atoms with van der Waals surface area (Å²) >= 11 is 6.00. The number of aliphatic hydroxyl groups excluding tert-OH is 1. The largest absolute Gasteiger partial charge is 0.366 e. The van der Waals surface area contributed by atoms with Crippen LogP contribution in [0.25, 0.3) is 0 Å². The van der Waals surface area contributed by atoms with Gasteiger partial charge in [0.25, 0.3) is 0 Å². The van der Waals surface area contributed by atoms with Gasteiger partial charge in [0.05, 0.1) is 11.1 Å². The number of ketones is 1. The lowest BCUT2D eigenvalue weighted by atomic mass is 9.86. The van der Waals surface area contributed by atoms with Gasteiger partial charge in [0.15, 0.2) is 12.4 Å². The maximum atomic E-state index is 12.3. The van der Waals surface area contributed by atoms with E-state index in [2.05, 4.69) is 25.2 Å². The van der Waals surface area contributed by atoms with Crippen molar-refractivity contribution in [3.8, 4) is 0 Å². The number of rotatable bonds is 9. The molecule has 6 nitrogen and oxygen atoms in total. The minimum atomic E-state index is -1.19. The number of allylic oxidation sites excluding steroid dienone is 3. The van der Waals surface area contributed by atoms with Crippen molar-refractivity contribution < 1.29 is 24.2 Å². The van der Waals surface area contributed by atoms with E-state index in [4.69, 9.17) is 21.1 Å². The first-order chi connectivity index (χ1) is 14.3. The van der Waals surface area contributed by atoms with Crippen LogP contribution in [0.3, 0.4) is 0 Å². The second kappa shape index (κ2) is 9.77. The van der Waals surface area contributed by atoms with Crippen LogP contribution in [0.5, 0.6) is 0 Å². The topological polar surface area (TPSA) is 88.2 Å². The smallest absolute Gasteiger partial charge is 0.244 e. The molecule has 0 aromatic carbocycles. The molecule has 2 fully saturated rings. The van der Waals surface area contributed by atoms with Crippen molar-refractivity contribution in [3.63, 3.8) is 0 Å². The van der Waals surface area contributed by atoms with Crippen LogP contribution in [0.15, 0.2) is 34.9 Å². The number of amides is 1. The van der Waals surface area contributed by atoms with Crippen LogP contribution in [0.1, 0.15) is 59.3 Å². The summed E-state index contributed by atoms with van der Waals surface area (Å²) in [5, 5.41) is 13.1. The molecule has 0 radical (unpaired) electrons. The summed E-state index contributed by atoms with van der Waals surface area (Å²) in [7, 11) is 0. The van der Waals surface area contributed by atoms with E-state index in [9.17, 15) is 14.7 Å². The van der Waals surface area contributed by atoms with E-state index < -0.39 is 30.1 Å². The average molecular weight is 438 g/mol. The summed E-state index contributed by atoms with van der Waals surface area (Å²) in [6.45, 7) is 6.37. The Balaban J connectivity index is 1.50. The Morgan fingerprint density at radius 1 is 1.40 bits per heavy atom. The molecule has 6 atom stereocenters. The van der Waals surface area contributed by atoms with Crippen LogP contribution >= 0.6 is 11.6 Å². The number of fused-ring (bicyclic) bond motifs is 2. The summed E-state index contributed by atoms with van der Waals surface area (Å²) in [4.78, 5) is 24.2. The number of epoxide rings is 1. The molecule has 2 saturated heterocycles. The SMILES string of the molecule is CCCCCC[C@@H](C)/C=C(C)/C=C/C(=O)N[C@H]1C[C@]2(C=C(Cl)C(=O)[C@@H]3O[C@@H]32)O[C@H]1O. The van der Waals surface area contributed by atoms with Gasteiger partial charge in [-0.05, 0) is 25.3 Å². The zero-order valence-corrected chi connectivity index (χ0v) is 18.7. The highest BCUT2D eigenvalue weighted by Gasteiger charge is 2.65. The third kappa shape index (κ3) is 5.41. The number of nitrogens with one attached hydrogen (secondary N) is 1. The molecule has 3 rings (SSSR count). The van der Waals surface area contributed by atoms with Crippen molar-refractivity contribution in [2.24, 2.45) is 5.92 Å². The lowest BCUT2D eigenvalue weighted by molar-refractivity contribution is -0.137. The maximum Gasteiger partial charge on any atom is 0.244 e. The highest BCUT2D eigenvalue weighted by Crippen LogP contribution is 2.49. The van der Waals surface area contributed by atoms with Crippen molar-refractivity contribution in [3.05, 3.63) is 34.9 Å². The molecule has 1 aliphatic carbocycles. The number of aliphatic hydroxyl groups is 1. The average Bonchev–Trinajstić information content (AvgIpc) is 3.44. The molecular weight excluding hydrogens is 406 g/mol. The van der Waals surface area contributed by atoms with Gasteiger partial charge < -0.3 is 19.9 Å². The molecule has 0 saturated carbocycles. The number of ether oxygens (including phenoxy) is 2. The first kappa shape index (κ1) is 23.2. The Hall–Kier alpha value is -1.47. The van der Waals surface area contributed by atoms with E-state index in [1.807, 2.05) is 6.92 Å². The Bertz CT molecular complexity index is 761. The van der Waals surface area contributed by atoms with Gasteiger partial charge in [-0.15, -0.1) is 0 Å². The summed E-state index contributed by atoms with van der Waals surface area (Å²) < 4.78 is 11.1. The number of carbonyl (C=O) groups excluding carboxylic acids is 2. The van der Waals surface area contributed by atoms with E-state index in [1.54, 1.807) is 6.08 Å². The predicted molar refractivity (Wildman–Crippen MR) is 115 cm³/mol. The second-order valence-corrected chi connectivity index (χ2v) is 9.09. The van der Waals surface area contributed by atoms with Crippen LogP contribution in [0.4, 0.5) is 0 Å².